The Balaban J connectivity index is 2.15. The quantitative estimate of drug-likeness (QED) is 0.863. The molecule has 0 aliphatic carbocycles. The van der Waals surface area contributed by atoms with Gasteiger partial charge in [-0.2, -0.15) is 0 Å². The number of rotatable bonds is 3. The van der Waals surface area contributed by atoms with E-state index < -0.39 is 0 Å². The van der Waals surface area contributed by atoms with Gasteiger partial charge in [0.25, 0.3) is 0 Å². The molecule has 0 bridgehead atoms. The Hall–Kier alpha value is -2.36. The van der Waals surface area contributed by atoms with Crippen molar-refractivity contribution in [2.24, 2.45) is 0 Å². The van der Waals surface area contributed by atoms with E-state index in [1.807, 2.05) is 18.2 Å². The fraction of sp³-hybridized carbons (Fsp3) is 0.294. The molecule has 4 nitrogen and oxygen atoms in total. The highest BCUT2D eigenvalue weighted by Gasteiger charge is 2.35. The Morgan fingerprint density at radius 2 is 1.24 bits per heavy atom. The SMILES string of the molecule is COc1cccc(OC)c1C1N(C)c2ccccc2N1C. The number of hydrogen-bond acceptors (Lipinski definition) is 4. The molecule has 2 aromatic rings. The van der Waals surface area contributed by atoms with Gasteiger partial charge in [0, 0.05) is 14.1 Å². The Morgan fingerprint density at radius 1 is 0.762 bits per heavy atom. The van der Waals surface area contributed by atoms with Crippen molar-refractivity contribution in [3.8, 4) is 11.5 Å². The van der Waals surface area contributed by atoms with E-state index in [1.165, 1.54) is 11.4 Å². The molecule has 1 aliphatic rings. The molecule has 0 spiro atoms. The lowest BCUT2D eigenvalue weighted by atomic mass is 10.1. The van der Waals surface area contributed by atoms with E-state index in [-0.39, 0.29) is 6.17 Å². The molecule has 0 saturated carbocycles. The summed E-state index contributed by atoms with van der Waals surface area (Å²) >= 11 is 0. The molecule has 1 heterocycles. The third-order valence-electron chi connectivity index (χ3n) is 4.10. The summed E-state index contributed by atoms with van der Waals surface area (Å²) in [7, 11) is 7.58. The summed E-state index contributed by atoms with van der Waals surface area (Å²) in [5.41, 5.74) is 3.46. The Morgan fingerprint density at radius 3 is 1.67 bits per heavy atom. The van der Waals surface area contributed by atoms with Crippen LogP contribution in [0.2, 0.25) is 0 Å². The first-order valence-corrected chi connectivity index (χ1v) is 6.94. The summed E-state index contributed by atoms with van der Waals surface area (Å²) in [6.07, 6.45) is 0.0495. The normalized spacial score (nSPS) is 14.3. The molecule has 3 rings (SSSR count). The van der Waals surface area contributed by atoms with Crippen LogP contribution >= 0.6 is 0 Å². The summed E-state index contributed by atoms with van der Waals surface area (Å²) in [5, 5.41) is 0. The van der Waals surface area contributed by atoms with Crippen molar-refractivity contribution in [1.29, 1.82) is 0 Å². The molecule has 110 valence electrons. The molecule has 0 amide bonds. The zero-order valence-corrected chi connectivity index (χ0v) is 12.8. The van der Waals surface area contributed by atoms with Crippen LogP contribution in [0.1, 0.15) is 11.7 Å². The van der Waals surface area contributed by atoms with Gasteiger partial charge < -0.3 is 19.3 Å². The minimum Gasteiger partial charge on any atom is -0.496 e. The number of anilines is 2. The third-order valence-corrected chi connectivity index (χ3v) is 4.10. The van der Waals surface area contributed by atoms with Crippen molar-refractivity contribution in [3.05, 3.63) is 48.0 Å². The zero-order valence-electron chi connectivity index (χ0n) is 12.8. The third kappa shape index (κ3) is 1.98. The summed E-state index contributed by atoms with van der Waals surface area (Å²) in [6, 6.07) is 14.3. The van der Waals surface area contributed by atoms with Crippen molar-refractivity contribution in [2.45, 2.75) is 6.17 Å². The second-order valence-corrected chi connectivity index (χ2v) is 5.16. The minimum absolute atomic E-state index is 0.0495. The lowest BCUT2D eigenvalue weighted by Crippen LogP contribution is -2.31. The number of nitrogens with zero attached hydrogens (tertiary/aromatic N) is 2. The van der Waals surface area contributed by atoms with Gasteiger partial charge in [-0.15, -0.1) is 0 Å². The number of ether oxygens (including phenoxy) is 2. The molecular formula is C17H20N2O2. The molecule has 0 aromatic heterocycles. The molecule has 0 radical (unpaired) electrons. The number of para-hydroxylation sites is 2. The molecule has 2 aromatic carbocycles. The van der Waals surface area contributed by atoms with Gasteiger partial charge in [-0.25, -0.2) is 0 Å². The van der Waals surface area contributed by atoms with E-state index in [4.69, 9.17) is 9.47 Å². The molecule has 21 heavy (non-hydrogen) atoms. The van der Waals surface area contributed by atoms with E-state index in [9.17, 15) is 0 Å². The van der Waals surface area contributed by atoms with E-state index in [0.717, 1.165) is 17.1 Å². The maximum Gasteiger partial charge on any atom is 0.135 e. The maximum absolute atomic E-state index is 5.56. The van der Waals surface area contributed by atoms with Gasteiger partial charge in [-0.1, -0.05) is 18.2 Å². The maximum atomic E-state index is 5.56. The van der Waals surface area contributed by atoms with Crippen LogP contribution in [0.4, 0.5) is 11.4 Å². The number of benzene rings is 2. The van der Waals surface area contributed by atoms with Crippen LogP contribution in [0.5, 0.6) is 11.5 Å². The first-order valence-electron chi connectivity index (χ1n) is 6.94. The second kappa shape index (κ2) is 5.20. The van der Waals surface area contributed by atoms with Crippen LogP contribution in [0.25, 0.3) is 0 Å². The summed E-state index contributed by atoms with van der Waals surface area (Å²) in [5.74, 6) is 1.68. The summed E-state index contributed by atoms with van der Waals surface area (Å²) in [6.45, 7) is 0. The Kier molecular flexibility index (Phi) is 3.37. The number of methoxy groups -OCH3 is 2. The number of hydrogen-bond donors (Lipinski definition) is 0. The molecular weight excluding hydrogens is 264 g/mol. The highest BCUT2D eigenvalue weighted by atomic mass is 16.5. The molecule has 0 fully saturated rings. The van der Waals surface area contributed by atoms with Crippen LogP contribution < -0.4 is 19.3 Å². The summed E-state index contributed by atoms with van der Waals surface area (Å²) in [4.78, 5) is 4.49. The average Bonchev–Trinajstić information content (AvgIpc) is 2.78. The highest BCUT2D eigenvalue weighted by molar-refractivity contribution is 5.78. The van der Waals surface area contributed by atoms with Crippen LogP contribution in [-0.2, 0) is 0 Å². The zero-order chi connectivity index (χ0) is 15.0. The Bertz CT molecular complexity index is 606. The van der Waals surface area contributed by atoms with Crippen LogP contribution in [-0.4, -0.2) is 28.3 Å². The van der Waals surface area contributed by atoms with Crippen molar-refractivity contribution >= 4 is 11.4 Å². The smallest absolute Gasteiger partial charge is 0.135 e. The standard InChI is InChI=1S/C17H20N2O2/c1-18-12-8-5-6-9-13(12)19(2)17(18)16-14(20-3)10-7-11-15(16)21-4/h5-11,17H,1-4H3. The molecule has 0 saturated heterocycles. The monoisotopic (exact) mass is 284 g/mol. The average molecular weight is 284 g/mol. The highest BCUT2D eigenvalue weighted by Crippen LogP contribution is 2.48. The lowest BCUT2D eigenvalue weighted by molar-refractivity contribution is 0.378. The first kappa shape index (κ1) is 13.6. The van der Waals surface area contributed by atoms with Crippen molar-refractivity contribution < 1.29 is 9.47 Å². The number of fused-ring (bicyclic) bond motifs is 1. The minimum atomic E-state index is 0.0495. The lowest BCUT2D eigenvalue weighted by Gasteiger charge is -2.30. The van der Waals surface area contributed by atoms with Crippen molar-refractivity contribution in [3.63, 3.8) is 0 Å². The van der Waals surface area contributed by atoms with E-state index >= 15 is 0 Å². The van der Waals surface area contributed by atoms with Gasteiger partial charge in [0.1, 0.15) is 17.7 Å². The fourth-order valence-corrected chi connectivity index (χ4v) is 3.11. The van der Waals surface area contributed by atoms with Gasteiger partial charge in [0.05, 0.1) is 31.2 Å². The van der Waals surface area contributed by atoms with E-state index in [1.54, 1.807) is 14.2 Å². The fourth-order valence-electron chi connectivity index (χ4n) is 3.11. The topological polar surface area (TPSA) is 24.9 Å². The summed E-state index contributed by atoms with van der Waals surface area (Å²) < 4.78 is 11.1. The van der Waals surface area contributed by atoms with Crippen LogP contribution in [0.3, 0.4) is 0 Å². The predicted octanol–water partition coefficient (Wildman–Crippen LogP) is 3.29. The molecule has 0 unspecified atom stereocenters. The van der Waals surface area contributed by atoms with E-state index in [2.05, 4.69) is 48.2 Å². The molecule has 4 heteroatoms. The Labute approximate surface area is 125 Å². The largest absolute Gasteiger partial charge is 0.496 e. The van der Waals surface area contributed by atoms with Crippen LogP contribution in [0, 0.1) is 0 Å². The molecule has 0 atom stereocenters. The van der Waals surface area contributed by atoms with Crippen molar-refractivity contribution in [1.82, 2.24) is 0 Å². The van der Waals surface area contributed by atoms with Gasteiger partial charge in [0.15, 0.2) is 0 Å². The van der Waals surface area contributed by atoms with Gasteiger partial charge in [-0.3, -0.25) is 0 Å². The first-order chi connectivity index (χ1) is 10.2. The van der Waals surface area contributed by atoms with Crippen molar-refractivity contribution in [2.75, 3.05) is 38.1 Å². The molecule has 1 aliphatic heterocycles. The van der Waals surface area contributed by atoms with Gasteiger partial charge in [-0.05, 0) is 24.3 Å². The molecule has 0 N–H and O–H groups in total. The van der Waals surface area contributed by atoms with Gasteiger partial charge in [0.2, 0.25) is 0 Å². The van der Waals surface area contributed by atoms with Crippen LogP contribution in [0.15, 0.2) is 42.5 Å². The van der Waals surface area contributed by atoms with E-state index in [0.29, 0.717) is 0 Å². The predicted molar refractivity (Wildman–Crippen MR) is 85.5 cm³/mol. The second-order valence-electron chi connectivity index (χ2n) is 5.16. The van der Waals surface area contributed by atoms with Gasteiger partial charge >= 0.3 is 0 Å².